The molecule has 1 heterocycles. The van der Waals surface area contributed by atoms with Gasteiger partial charge in [-0.15, -0.1) is 0 Å². The van der Waals surface area contributed by atoms with Crippen LogP contribution in [-0.2, 0) is 4.74 Å². The lowest BCUT2D eigenvalue weighted by Crippen LogP contribution is -2.31. The third-order valence-electron chi connectivity index (χ3n) is 4.16. The van der Waals surface area contributed by atoms with E-state index >= 15 is 0 Å². The number of halogens is 1. The monoisotopic (exact) mass is 294 g/mol. The van der Waals surface area contributed by atoms with Crippen molar-refractivity contribution >= 4 is 11.4 Å². The zero-order valence-electron chi connectivity index (χ0n) is 13.6. The molecule has 1 atom stereocenters. The van der Waals surface area contributed by atoms with Gasteiger partial charge in [-0.05, 0) is 58.2 Å². The molecule has 21 heavy (non-hydrogen) atoms. The molecular formula is C17H27FN2O. The Hall–Kier alpha value is -1.29. The van der Waals surface area contributed by atoms with E-state index in [-0.39, 0.29) is 17.5 Å². The number of ether oxygens (including phenoxy) is 1. The number of nitrogens with one attached hydrogen (secondary N) is 1. The van der Waals surface area contributed by atoms with Crippen molar-refractivity contribution in [3.8, 4) is 0 Å². The highest BCUT2D eigenvalue weighted by Gasteiger charge is 2.21. The van der Waals surface area contributed by atoms with E-state index in [4.69, 9.17) is 4.74 Å². The summed E-state index contributed by atoms with van der Waals surface area (Å²) >= 11 is 0. The summed E-state index contributed by atoms with van der Waals surface area (Å²) in [4.78, 5) is 2.12. The molecule has 1 saturated heterocycles. The van der Waals surface area contributed by atoms with Gasteiger partial charge < -0.3 is 15.0 Å². The van der Waals surface area contributed by atoms with Gasteiger partial charge in [0.2, 0.25) is 0 Å². The predicted octanol–water partition coefficient (Wildman–Crippen LogP) is 4.04. The second kappa shape index (κ2) is 6.65. The summed E-state index contributed by atoms with van der Waals surface area (Å²) < 4.78 is 19.7. The molecule has 1 unspecified atom stereocenters. The van der Waals surface area contributed by atoms with Crippen LogP contribution in [0.3, 0.4) is 0 Å². The Bertz CT molecular complexity index is 470. The van der Waals surface area contributed by atoms with Crippen molar-refractivity contribution in [2.75, 3.05) is 30.4 Å². The Morgan fingerprint density at radius 2 is 2.00 bits per heavy atom. The maximum Gasteiger partial charge on any atom is 0.148 e. The van der Waals surface area contributed by atoms with Gasteiger partial charge in [-0.3, -0.25) is 0 Å². The molecule has 1 N–H and O–H groups in total. The molecule has 3 nitrogen and oxygen atoms in total. The van der Waals surface area contributed by atoms with E-state index in [9.17, 15) is 4.39 Å². The molecule has 1 aromatic carbocycles. The number of hydrogen-bond acceptors (Lipinski definition) is 3. The molecular weight excluding hydrogens is 267 g/mol. The van der Waals surface area contributed by atoms with Crippen molar-refractivity contribution in [2.24, 2.45) is 0 Å². The maximum absolute atomic E-state index is 14.3. The van der Waals surface area contributed by atoms with Gasteiger partial charge in [-0.1, -0.05) is 0 Å². The van der Waals surface area contributed by atoms with Crippen molar-refractivity contribution in [3.63, 3.8) is 0 Å². The summed E-state index contributed by atoms with van der Waals surface area (Å²) in [5.74, 6) is -0.139. The first kappa shape index (κ1) is 16.1. The molecule has 1 aromatic rings. The van der Waals surface area contributed by atoms with Gasteiger partial charge in [-0.2, -0.15) is 0 Å². The first-order valence-electron chi connectivity index (χ1n) is 7.77. The summed E-state index contributed by atoms with van der Waals surface area (Å²) in [5, 5.41) is 3.35. The second-order valence-corrected chi connectivity index (χ2v) is 6.57. The summed E-state index contributed by atoms with van der Waals surface area (Å²) in [6, 6.07) is 5.67. The lowest BCUT2D eigenvalue weighted by atomic mass is 9.99. The summed E-state index contributed by atoms with van der Waals surface area (Å²) in [5.41, 5.74) is 1.37. The van der Waals surface area contributed by atoms with Crippen LogP contribution >= 0.6 is 0 Å². The number of benzene rings is 1. The van der Waals surface area contributed by atoms with E-state index in [1.807, 2.05) is 12.1 Å². The van der Waals surface area contributed by atoms with E-state index < -0.39 is 0 Å². The molecule has 1 aliphatic heterocycles. The van der Waals surface area contributed by atoms with E-state index in [0.29, 0.717) is 0 Å². The summed E-state index contributed by atoms with van der Waals surface area (Å²) in [7, 11) is 1.72. The van der Waals surface area contributed by atoms with Gasteiger partial charge in [0, 0.05) is 31.9 Å². The number of nitrogens with zero attached hydrogens (tertiary/aromatic N) is 1. The highest BCUT2D eigenvalue weighted by molar-refractivity contribution is 5.57. The molecule has 0 saturated carbocycles. The standard InChI is InChI=1S/C17H27FN2O/c1-13(12-17(2,3)21-4)19-14-7-8-16(15(18)11-14)20-9-5-6-10-20/h7-8,11,13,19H,5-6,9-10,12H2,1-4H3. The lowest BCUT2D eigenvalue weighted by molar-refractivity contribution is 0.0128. The van der Waals surface area contributed by atoms with Crippen molar-refractivity contribution in [1.82, 2.24) is 0 Å². The van der Waals surface area contributed by atoms with Crippen molar-refractivity contribution < 1.29 is 9.13 Å². The van der Waals surface area contributed by atoms with Gasteiger partial charge in [-0.25, -0.2) is 4.39 Å². The smallest absolute Gasteiger partial charge is 0.148 e. The first-order valence-corrected chi connectivity index (χ1v) is 7.77. The fraction of sp³-hybridized carbons (Fsp3) is 0.647. The molecule has 1 aliphatic rings. The van der Waals surface area contributed by atoms with Crippen LogP contribution < -0.4 is 10.2 Å². The molecule has 0 spiro atoms. The van der Waals surface area contributed by atoms with Crippen LogP contribution in [0.2, 0.25) is 0 Å². The van der Waals surface area contributed by atoms with Crippen LogP contribution in [0.1, 0.15) is 40.0 Å². The average Bonchev–Trinajstić information content (AvgIpc) is 2.92. The van der Waals surface area contributed by atoms with Crippen molar-refractivity contribution in [3.05, 3.63) is 24.0 Å². The highest BCUT2D eigenvalue weighted by atomic mass is 19.1. The van der Waals surface area contributed by atoms with E-state index in [2.05, 4.69) is 31.0 Å². The fourth-order valence-corrected chi connectivity index (χ4v) is 2.97. The summed E-state index contributed by atoms with van der Waals surface area (Å²) in [6.45, 7) is 8.13. The minimum atomic E-state index is -0.180. The van der Waals surface area contributed by atoms with Crippen LogP contribution in [0, 0.1) is 5.82 Å². The Morgan fingerprint density at radius 1 is 1.33 bits per heavy atom. The molecule has 4 heteroatoms. The highest BCUT2D eigenvalue weighted by Crippen LogP contribution is 2.27. The largest absolute Gasteiger partial charge is 0.382 e. The third-order valence-corrected chi connectivity index (χ3v) is 4.16. The zero-order chi connectivity index (χ0) is 15.5. The van der Waals surface area contributed by atoms with Crippen molar-refractivity contribution in [1.29, 1.82) is 0 Å². The topological polar surface area (TPSA) is 24.5 Å². The maximum atomic E-state index is 14.3. The van der Waals surface area contributed by atoms with Crippen LogP contribution in [0.25, 0.3) is 0 Å². The molecule has 0 aromatic heterocycles. The SMILES string of the molecule is COC(C)(C)CC(C)Nc1ccc(N2CCCC2)c(F)c1. The van der Waals surface area contributed by atoms with Gasteiger partial charge in [0.25, 0.3) is 0 Å². The fourth-order valence-electron chi connectivity index (χ4n) is 2.97. The van der Waals surface area contributed by atoms with Crippen molar-refractivity contribution in [2.45, 2.75) is 51.7 Å². The molecule has 1 fully saturated rings. The van der Waals surface area contributed by atoms with Crippen LogP contribution in [-0.4, -0.2) is 31.8 Å². The van der Waals surface area contributed by atoms with E-state index in [1.165, 1.54) is 0 Å². The van der Waals surface area contributed by atoms with Crippen LogP contribution in [0.15, 0.2) is 18.2 Å². The number of rotatable bonds is 6. The average molecular weight is 294 g/mol. The quantitative estimate of drug-likeness (QED) is 0.857. The van der Waals surface area contributed by atoms with Gasteiger partial charge in [0.1, 0.15) is 5.82 Å². The molecule has 2 rings (SSSR count). The Balaban J connectivity index is 1.99. The molecule has 118 valence electrons. The Labute approximate surface area is 127 Å². The second-order valence-electron chi connectivity index (χ2n) is 6.57. The number of methoxy groups -OCH3 is 1. The van der Waals surface area contributed by atoms with E-state index in [1.54, 1.807) is 13.2 Å². The molecule has 0 amide bonds. The minimum Gasteiger partial charge on any atom is -0.382 e. The van der Waals surface area contributed by atoms with Crippen LogP contribution in [0.4, 0.5) is 15.8 Å². The Morgan fingerprint density at radius 3 is 2.57 bits per heavy atom. The third kappa shape index (κ3) is 4.34. The zero-order valence-corrected chi connectivity index (χ0v) is 13.6. The molecule has 0 aliphatic carbocycles. The normalized spacial score (nSPS) is 17.1. The Kier molecular flexibility index (Phi) is 5.09. The van der Waals surface area contributed by atoms with E-state index in [0.717, 1.165) is 43.7 Å². The minimum absolute atomic E-state index is 0.139. The first-order chi connectivity index (χ1) is 9.91. The molecule has 0 bridgehead atoms. The van der Waals surface area contributed by atoms with Gasteiger partial charge in [0.15, 0.2) is 0 Å². The summed E-state index contributed by atoms with van der Waals surface area (Å²) in [6.07, 6.45) is 3.17. The number of hydrogen-bond donors (Lipinski definition) is 1. The van der Waals surface area contributed by atoms with Gasteiger partial charge in [0.05, 0.1) is 11.3 Å². The molecule has 0 radical (unpaired) electrons. The predicted molar refractivity (Wildman–Crippen MR) is 86.6 cm³/mol. The van der Waals surface area contributed by atoms with Crippen LogP contribution in [0.5, 0.6) is 0 Å². The van der Waals surface area contributed by atoms with Gasteiger partial charge >= 0.3 is 0 Å². The number of anilines is 2. The lowest BCUT2D eigenvalue weighted by Gasteiger charge is -2.28.